The van der Waals surface area contributed by atoms with Crippen molar-refractivity contribution in [3.63, 3.8) is 0 Å². The van der Waals surface area contributed by atoms with Crippen LogP contribution in [-0.4, -0.2) is 59.2 Å². The molecular formula is C20H22N4O3. The van der Waals surface area contributed by atoms with Crippen LogP contribution < -0.4 is 5.32 Å². The number of pyridine rings is 1. The van der Waals surface area contributed by atoms with Crippen molar-refractivity contribution in [2.75, 3.05) is 31.6 Å². The van der Waals surface area contributed by atoms with Gasteiger partial charge in [-0.05, 0) is 36.6 Å². The summed E-state index contributed by atoms with van der Waals surface area (Å²) in [4.78, 5) is 32.0. The smallest absolute Gasteiger partial charge is 0.410 e. The average molecular weight is 366 g/mol. The maximum absolute atomic E-state index is 12.6. The zero-order chi connectivity index (χ0) is 18.6. The fourth-order valence-corrected chi connectivity index (χ4v) is 3.63. The molecule has 0 saturated carbocycles. The molecule has 2 aliphatic heterocycles. The number of carbonyl (C=O) groups excluding carboxylic acids is 2. The van der Waals surface area contributed by atoms with Gasteiger partial charge in [-0.2, -0.15) is 0 Å². The number of cyclic esters (lactones) is 1. The molecule has 3 heterocycles. The molecule has 3 amide bonds. The standard InChI is InChI=1S/C20H22N4O3/c25-19(23-9-6-18(7-10-23)24-11-12-27-20(24)26)22-17-5-1-3-15(13-17)16-4-2-8-21-14-16/h1-5,8,13-14,18H,6-7,9-12H2,(H,22,25). The van der Waals surface area contributed by atoms with Gasteiger partial charge in [0, 0.05) is 42.8 Å². The Hall–Kier alpha value is -3.09. The average Bonchev–Trinajstić information content (AvgIpc) is 3.15. The minimum absolute atomic E-state index is 0.110. The number of ether oxygens (including phenoxy) is 1. The molecule has 1 aromatic heterocycles. The maximum Gasteiger partial charge on any atom is 0.410 e. The molecule has 1 aromatic carbocycles. The molecule has 0 bridgehead atoms. The summed E-state index contributed by atoms with van der Waals surface area (Å²) in [5.41, 5.74) is 2.77. The lowest BCUT2D eigenvalue weighted by molar-refractivity contribution is 0.125. The molecule has 27 heavy (non-hydrogen) atoms. The van der Waals surface area contributed by atoms with Crippen LogP contribution in [0.15, 0.2) is 48.8 Å². The second-order valence-corrected chi connectivity index (χ2v) is 6.78. The molecule has 7 heteroatoms. The van der Waals surface area contributed by atoms with E-state index < -0.39 is 0 Å². The van der Waals surface area contributed by atoms with Crippen molar-refractivity contribution < 1.29 is 14.3 Å². The number of hydrogen-bond donors (Lipinski definition) is 1. The van der Waals surface area contributed by atoms with Crippen molar-refractivity contribution >= 4 is 17.8 Å². The van der Waals surface area contributed by atoms with E-state index in [4.69, 9.17) is 4.74 Å². The van der Waals surface area contributed by atoms with Crippen LogP contribution in [0.4, 0.5) is 15.3 Å². The van der Waals surface area contributed by atoms with Crippen LogP contribution in [0.25, 0.3) is 11.1 Å². The lowest BCUT2D eigenvalue weighted by atomic mass is 10.0. The van der Waals surface area contributed by atoms with E-state index in [0.29, 0.717) is 26.2 Å². The number of nitrogens with one attached hydrogen (secondary N) is 1. The zero-order valence-electron chi connectivity index (χ0n) is 15.0. The van der Waals surface area contributed by atoms with E-state index >= 15 is 0 Å². The highest BCUT2D eigenvalue weighted by atomic mass is 16.6. The van der Waals surface area contributed by atoms with Gasteiger partial charge in [-0.1, -0.05) is 18.2 Å². The van der Waals surface area contributed by atoms with Gasteiger partial charge in [0.05, 0.1) is 6.54 Å². The van der Waals surface area contributed by atoms with E-state index in [1.165, 1.54) is 0 Å². The Labute approximate surface area is 157 Å². The lowest BCUT2D eigenvalue weighted by Gasteiger charge is -2.35. The minimum Gasteiger partial charge on any atom is -0.448 e. The Morgan fingerprint density at radius 2 is 1.93 bits per heavy atom. The molecule has 140 valence electrons. The normalized spacial score (nSPS) is 17.7. The first-order valence-electron chi connectivity index (χ1n) is 9.20. The largest absolute Gasteiger partial charge is 0.448 e. The Bertz CT molecular complexity index is 819. The first kappa shape index (κ1) is 17.3. The summed E-state index contributed by atoms with van der Waals surface area (Å²) in [5, 5.41) is 2.98. The van der Waals surface area contributed by atoms with Crippen molar-refractivity contribution in [2.24, 2.45) is 0 Å². The van der Waals surface area contributed by atoms with E-state index in [2.05, 4.69) is 10.3 Å². The van der Waals surface area contributed by atoms with Crippen LogP contribution in [-0.2, 0) is 4.74 Å². The quantitative estimate of drug-likeness (QED) is 0.905. The Balaban J connectivity index is 1.35. The highest BCUT2D eigenvalue weighted by Gasteiger charge is 2.33. The minimum atomic E-state index is -0.231. The number of benzene rings is 1. The summed E-state index contributed by atoms with van der Waals surface area (Å²) in [7, 11) is 0. The van der Waals surface area contributed by atoms with E-state index in [-0.39, 0.29) is 18.2 Å². The van der Waals surface area contributed by atoms with Gasteiger partial charge < -0.3 is 19.9 Å². The number of piperidine rings is 1. The number of anilines is 1. The third-order valence-corrected chi connectivity index (χ3v) is 5.09. The van der Waals surface area contributed by atoms with Crippen LogP contribution in [0.3, 0.4) is 0 Å². The number of amides is 3. The van der Waals surface area contributed by atoms with Crippen LogP contribution in [0.5, 0.6) is 0 Å². The summed E-state index contributed by atoms with van der Waals surface area (Å²) in [6.45, 7) is 2.37. The number of hydrogen-bond acceptors (Lipinski definition) is 4. The number of aromatic nitrogens is 1. The molecule has 0 aliphatic carbocycles. The zero-order valence-corrected chi connectivity index (χ0v) is 15.0. The van der Waals surface area contributed by atoms with Gasteiger partial charge in [-0.25, -0.2) is 9.59 Å². The first-order valence-corrected chi connectivity index (χ1v) is 9.20. The number of nitrogens with zero attached hydrogens (tertiary/aromatic N) is 3. The van der Waals surface area contributed by atoms with Crippen molar-refractivity contribution in [3.05, 3.63) is 48.8 Å². The van der Waals surface area contributed by atoms with Crippen LogP contribution in [0, 0.1) is 0 Å². The van der Waals surface area contributed by atoms with E-state index in [1.54, 1.807) is 22.2 Å². The van der Waals surface area contributed by atoms with Gasteiger partial charge in [0.15, 0.2) is 0 Å². The number of carbonyl (C=O) groups is 2. The molecular weight excluding hydrogens is 344 g/mol. The second kappa shape index (κ2) is 7.65. The molecule has 4 rings (SSSR count). The number of likely N-dealkylation sites (tertiary alicyclic amines) is 1. The third-order valence-electron chi connectivity index (χ3n) is 5.09. The first-order chi connectivity index (χ1) is 13.2. The summed E-state index contributed by atoms with van der Waals surface area (Å²) in [6, 6.07) is 11.7. The van der Waals surface area contributed by atoms with E-state index in [1.807, 2.05) is 36.4 Å². The van der Waals surface area contributed by atoms with E-state index in [9.17, 15) is 9.59 Å². The van der Waals surface area contributed by atoms with Crippen molar-refractivity contribution in [2.45, 2.75) is 18.9 Å². The van der Waals surface area contributed by atoms with Crippen molar-refractivity contribution in [3.8, 4) is 11.1 Å². The highest BCUT2D eigenvalue weighted by molar-refractivity contribution is 5.90. The molecule has 0 unspecified atom stereocenters. The fourth-order valence-electron chi connectivity index (χ4n) is 3.63. The highest BCUT2D eigenvalue weighted by Crippen LogP contribution is 2.23. The summed E-state index contributed by atoms with van der Waals surface area (Å²) >= 11 is 0. The molecule has 7 nitrogen and oxygen atoms in total. The number of rotatable bonds is 3. The topological polar surface area (TPSA) is 74.8 Å². The molecule has 2 aliphatic rings. The summed E-state index contributed by atoms with van der Waals surface area (Å²) in [6.07, 6.45) is 4.86. The molecule has 2 aromatic rings. The Morgan fingerprint density at radius 3 is 2.63 bits per heavy atom. The Kier molecular flexibility index (Phi) is 4.91. The Morgan fingerprint density at radius 1 is 1.11 bits per heavy atom. The van der Waals surface area contributed by atoms with Gasteiger partial charge in [0.1, 0.15) is 6.61 Å². The third kappa shape index (κ3) is 3.86. The molecule has 0 radical (unpaired) electrons. The predicted molar refractivity (Wildman–Crippen MR) is 101 cm³/mol. The predicted octanol–water partition coefficient (Wildman–Crippen LogP) is 3.20. The van der Waals surface area contributed by atoms with Crippen LogP contribution in [0.2, 0.25) is 0 Å². The van der Waals surface area contributed by atoms with E-state index in [0.717, 1.165) is 29.7 Å². The van der Waals surface area contributed by atoms with Crippen molar-refractivity contribution in [1.82, 2.24) is 14.8 Å². The van der Waals surface area contributed by atoms with Crippen LogP contribution >= 0.6 is 0 Å². The van der Waals surface area contributed by atoms with Gasteiger partial charge in [0.25, 0.3) is 0 Å². The van der Waals surface area contributed by atoms with Crippen molar-refractivity contribution in [1.29, 1.82) is 0 Å². The summed E-state index contributed by atoms with van der Waals surface area (Å²) < 4.78 is 5.01. The molecule has 1 N–H and O–H groups in total. The summed E-state index contributed by atoms with van der Waals surface area (Å²) in [5.74, 6) is 0. The lowest BCUT2D eigenvalue weighted by Crippen LogP contribution is -2.48. The molecule has 0 atom stereocenters. The number of urea groups is 1. The maximum atomic E-state index is 12.6. The van der Waals surface area contributed by atoms with Crippen LogP contribution in [0.1, 0.15) is 12.8 Å². The monoisotopic (exact) mass is 366 g/mol. The van der Waals surface area contributed by atoms with Gasteiger partial charge in [-0.15, -0.1) is 0 Å². The SMILES string of the molecule is O=C(Nc1cccc(-c2cccnc2)c1)N1CCC(N2CCOC2=O)CC1. The fraction of sp³-hybridized carbons (Fsp3) is 0.350. The second-order valence-electron chi connectivity index (χ2n) is 6.78. The van der Waals surface area contributed by atoms with Gasteiger partial charge >= 0.3 is 12.1 Å². The van der Waals surface area contributed by atoms with Gasteiger partial charge in [0.2, 0.25) is 0 Å². The molecule has 2 saturated heterocycles. The molecule has 2 fully saturated rings. The van der Waals surface area contributed by atoms with Gasteiger partial charge in [-0.3, -0.25) is 4.98 Å². The molecule has 0 spiro atoms.